The van der Waals surface area contributed by atoms with Crippen molar-refractivity contribution >= 4 is 16.9 Å². The lowest BCUT2D eigenvalue weighted by Gasteiger charge is -2.22. The van der Waals surface area contributed by atoms with Gasteiger partial charge in [-0.15, -0.1) is 0 Å². The molecule has 42 heavy (non-hydrogen) atoms. The fourth-order valence-corrected chi connectivity index (χ4v) is 5.67. The summed E-state index contributed by atoms with van der Waals surface area (Å²) in [5, 5.41) is 7.88. The molecule has 5 aromatic rings. The monoisotopic (exact) mass is 577 g/mol. The number of fused-ring (bicyclic) bond motifs is 2. The van der Waals surface area contributed by atoms with Crippen LogP contribution in [-0.4, -0.2) is 35.6 Å². The maximum atomic E-state index is 14.1. The zero-order valence-electron chi connectivity index (χ0n) is 22.6. The van der Waals surface area contributed by atoms with Gasteiger partial charge in [0.05, 0.1) is 11.7 Å². The van der Waals surface area contributed by atoms with Gasteiger partial charge >= 0.3 is 0 Å². The molecule has 0 spiro atoms. The van der Waals surface area contributed by atoms with Crippen molar-refractivity contribution in [1.29, 1.82) is 0 Å². The highest BCUT2D eigenvalue weighted by molar-refractivity contribution is 5.82. The van der Waals surface area contributed by atoms with Gasteiger partial charge in [-0.1, -0.05) is 6.92 Å². The third-order valence-corrected chi connectivity index (χ3v) is 7.61. The minimum absolute atomic E-state index is 0.000787. The topological polar surface area (TPSA) is 101 Å². The first kappa shape index (κ1) is 27.6. The highest BCUT2D eigenvalue weighted by atomic mass is 19.3. The van der Waals surface area contributed by atoms with Crippen LogP contribution in [-0.2, 0) is 30.6 Å². The van der Waals surface area contributed by atoms with Crippen molar-refractivity contribution in [3.05, 3.63) is 95.1 Å². The number of halogens is 4. The molecule has 4 heterocycles. The Balaban J connectivity index is 1.35. The Morgan fingerprint density at radius 1 is 1.12 bits per heavy atom. The molecule has 0 fully saturated rings. The van der Waals surface area contributed by atoms with Crippen LogP contribution in [0.15, 0.2) is 55.2 Å². The van der Waals surface area contributed by atoms with Crippen LogP contribution in [0.1, 0.15) is 54.0 Å². The standard InChI is InChI=1S/C30H27F4N7O/c1-16-2-3-22-25(6-16)41(40-28(22)29(33)34)14-26(42)39-24(9-17-7-20(31)11-21(32)8-17)27-23(13-35-15-38-27)19-10-18-4-5-36-30(18)37-12-19/h4-5,7-8,10-13,15-16,24,29H,2-3,6,9,14H2,1H3,(H,36,37)(H,39,42)/t16-,24-/m0/s1. The minimum atomic E-state index is -2.75. The van der Waals surface area contributed by atoms with Crippen LogP contribution >= 0.6 is 0 Å². The maximum Gasteiger partial charge on any atom is 0.282 e. The molecule has 0 aliphatic heterocycles. The summed E-state index contributed by atoms with van der Waals surface area (Å²) in [6.07, 6.45) is 5.37. The minimum Gasteiger partial charge on any atom is -0.346 e. The van der Waals surface area contributed by atoms with Gasteiger partial charge in [0.25, 0.3) is 6.43 Å². The largest absolute Gasteiger partial charge is 0.346 e. The van der Waals surface area contributed by atoms with Gasteiger partial charge in [0, 0.05) is 52.4 Å². The molecule has 0 radical (unpaired) electrons. The van der Waals surface area contributed by atoms with Crippen LogP contribution in [0, 0.1) is 17.6 Å². The molecule has 2 N–H and O–H groups in total. The van der Waals surface area contributed by atoms with E-state index in [1.54, 1.807) is 18.6 Å². The van der Waals surface area contributed by atoms with E-state index < -0.39 is 30.0 Å². The molecule has 1 amide bonds. The molecule has 0 bridgehead atoms. The third-order valence-electron chi connectivity index (χ3n) is 7.61. The number of hydrogen-bond donors (Lipinski definition) is 2. The van der Waals surface area contributed by atoms with Crippen LogP contribution in [0.4, 0.5) is 17.6 Å². The number of alkyl halides is 2. The molecule has 1 aliphatic rings. The van der Waals surface area contributed by atoms with E-state index in [1.165, 1.54) is 23.1 Å². The van der Waals surface area contributed by atoms with Crippen molar-refractivity contribution in [1.82, 2.24) is 35.0 Å². The van der Waals surface area contributed by atoms with Gasteiger partial charge in [-0.25, -0.2) is 32.5 Å². The number of hydrogen-bond acceptors (Lipinski definition) is 5. The average Bonchev–Trinajstić information content (AvgIpc) is 3.56. The smallest absolute Gasteiger partial charge is 0.282 e. The fraction of sp³-hybridized carbons (Fsp3) is 0.300. The molecule has 0 saturated heterocycles. The van der Waals surface area contributed by atoms with Crippen molar-refractivity contribution in [3.63, 3.8) is 0 Å². The summed E-state index contributed by atoms with van der Waals surface area (Å²) in [6.45, 7) is 1.74. The van der Waals surface area contributed by atoms with E-state index in [0.29, 0.717) is 52.1 Å². The number of amides is 1. The highest BCUT2D eigenvalue weighted by Gasteiger charge is 2.29. The Morgan fingerprint density at radius 2 is 1.93 bits per heavy atom. The molecule has 12 heteroatoms. The molecule has 0 saturated carbocycles. The van der Waals surface area contributed by atoms with Crippen LogP contribution in [0.2, 0.25) is 0 Å². The first-order chi connectivity index (χ1) is 20.2. The summed E-state index contributed by atoms with van der Waals surface area (Å²) in [5.41, 5.74) is 3.50. The second-order valence-corrected chi connectivity index (χ2v) is 10.7. The molecular weight excluding hydrogens is 550 g/mol. The van der Waals surface area contributed by atoms with Crippen molar-refractivity contribution in [2.75, 3.05) is 0 Å². The quantitative estimate of drug-likeness (QED) is 0.232. The first-order valence-corrected chi connectivity index (χ1v) is 13.6. The number of nitrogens with zero attached hydrogens (tertiary/aromatic N) is 5. The second kappa shape index (κ2) is 11.3. The van der Waals surface area contributed by atoms with Crippen molar-refractivity contribution in [2.45, 2.75) is 51.6 Å². The number of carbonyl (C=O) groups excluding carboxylic acids is 1. The molecule has 1 aromatic carbocycles. The zero-order chi connectivity index (χ0) is 29.4. The van der Waals surface area contributed by atoms with Crippen molar-refractivity contribution in [3.8, 4) is 11.1 Å². The molecule has 8 nitrogen and oxygen atoms in total. The summed E-state index contributed by atoms with van der Waals surface area (Å²) in [5.74, 6) is -1.74. The first-order valence-electron chi connectivity index (χ1n) is 13.6. The number of aromatic amines is 1. The van der Waals surface area contributed by atoms with Gasteiger partial charge in [-0.3, -0.25) is 9.48 Å². The highest BCUT2D eigenvalue weighted by Crippen LogP contribution is 2.33. The molecule has 216 valence electrons. The average molecular weight is 578 g/mol. The van der Waals surface area contributed by atoms with Crippen molar-refractivity contribution < 1.29 is 22.4 Å². The van der Waals surface area contributed by atoms with Gasteiger partial charge < -0.3 is 10.3 Å². The Labute approximate surface area is 238 Å². The molecule has 6 rings (SSSR count). The number of benzene rings is 1. The van der Waals surface area contributed by atoms with Crippen LogP contribution in [0.3, 0.4) is 0 Å². The Kier molecular flexibility index (Phi) is 7.44. The number of H-pyrrole nitrogens is 1. The van der Waals surface area contributed by atoms with E-state index in [1.807, 2.05) is 19.1 Å². The van der Waals surface area contributed by atoms with Gasteiger partial charge in [0.1, 0.15) is 35.8 Å². The predicted octanol–water partition coefficient (Wildman–Crippen LogP) is 5.66. The van der Waals surface area contributed by atoms with E-state index in [4.69, 9.17) is 0 Å². The van der Waals surface area contributed by atoms with Gasteiger partial charge in [0.15, 0.2) is 0 Å². The van der Waals surface area contributed by atoms with E-state index in [9.17, 15) is 22.4 Å². The van der Waals surface area contributed by atoms with Crippen LogP contribution in [0.5, 0.6) is 0 Å². The van der Waals surface area contributed by atoms with E-state index in [-0.39, 0.29) is 24.6 Å². The van der Waals surface area contributed by atoms with Gasteiger partial charge in [0.2, 0.25) is 5.91 Å². The predicted molar refractivity (Wildman–Crippen MR) is 146 cm³/mol. The number of rotatable bonds is 8. The Hall–Kier alpha value is -4.61. The maximum absolute atomic E-state index is 14.1. The Bertz CT molecular complexity index is 1750. The molecular formula is C30H27F4N7O. The SMILES string of the molecule is C[C@H]1CCc2c(C(F)F)nn(CC(=O)N[C@@H](Cc3cc(F)cc(F)c3)c3ncncc3-c3cnc4[nH]ccc4c3)c2C1. The molecule has 4 aromatic heterocycles. The van der Waals surface area contributed by atoms with Gasteiger partial charge in [-0.05, 0) is 61.4 Å². The van der Waals surface area contributed by atoms with Crippen LogP contribution < -0.4 is 5.32 Å². The number of aromatic nitrogens is 6. The zero-order valence-corrected chi connectivity index (χ0v) is 22.6. The lowest BCUT2D eigenvalue weighted by atomic mass is 9.88. The summed E-state index contributed by atoms with van der Waals surface area (Å²) in [6, 6.07) is 6.06. The van der Waals surface area contributed by atoms with Crippen LogP contribution in [0.25, 0.3) is 22.2 Å². The summed E-state index contributed by atoms with van der Waals surface area (Å²) < 4.78 is 57.1. The number of pyridine rings is 1. The van der Waals surface area contributed by atoms with E-state index in [2.05, 4.69) is 30.4 Å². The lowest BCUT2D eigenvalue weighted by molar-refractivity contribution is -0.122. The summed E-state index contributed by atoms with van der Waals surface area (Å²) in [7, 11) is 0. The Morgan fingerprint density at radius 3 is 2.71 bits per heavy atom. The lowest BCUT2D eigenvalue weighted by Crippen LogP contribution is -2.34. The normalized spacial score (nSPS) is 15.6. The van der Waals surface area contributed by atoms with Crippen molar-refractivity contribution in [2.24, 2.45) is 5.92 Å². The fourth-order valence-electron chi connectivity index (χ4n) is 5.67. The van der Waals surface area contributed by atoms with Gasteiger partial charge in [-0.2, -0.15) is 5.10 Å². The van der Waals surface area contributed by atoms with E-state index in [0.717, 1.165) is 17.9 Å². The molecule has 2 atom stereocenters. The second-order valence-electron chi connectivity index (χ2n) is 10.7. The molecule has 0 unspecified atom stereocenters. The third kappa shape index (κ3) is 5.61. The van der Waals surface area contributed by atoms with E-state index >= 15 is 0 Å². The molecule has 1 aliphatic carbocycles. The number of carbonyl (C=O) groups is 1. The summed E-state index contributed by atoms with van der Waals surface area (Å²) in [4.78, 5) is 29.6. The number of nitrogens with one attached hydrogen (secondary N) is 2. The summed E-state index contributed by atoms with van der Waals surface area (Å²) >= 11 is 0.